The predicted octanol–water partition coefficient (Wildman–Crippen LogP) is 4.45. The second-order valence-corrected chi connectivity index (χ2v) is 9.64. The Bertz CT molecular complexity index is 1100. The second kappa shape index (κ2) is 10.3. The molecule has 2 aromatic rings. The van der Waals surface area contributed by atoms with Crippen molar-refractivity contribution in [2.24, 2.45) is 10.5 Å². The first-order valence-electron chi connectivity index (χ1n) is 10.4. The number of aromatic hydroxyl groups is 1. The highest BCUT2D eigenvalue weighted by molar-refractivity contribution is 5.88. The zero-order valence-electron chi connectivity index (χ0n) is 19.7. The standard InChI is InChI=1S/C23H28N4O7/c1-22(2,3)14-23(4,5)16-6-8-18(9-7-16)34-13-20(28)25-24-12-15-10-17(26(30)31)11-19(21(15)29)27(32)33/h6-12,29H,13-14H2,1-5H3,(H,25,28)/b24-12+. The van der Waals surface area contributed by atoms with E-state index in [9.17, 15) is 30.1 Å². The highest BCUT2D eigenvalue weighted by Crippen LogP contribution is 2.36. The quantitative estimate of drug-likeness (QED) is 0.310. The lowest BCUT2D eigenvalue weighted by Crippen LogP contribution is -2.25. The second-order valence-electron chi connectivity index (χ2n) is 9.64. The molecule has 0 heterocycles. The van der Waals surface area contributed by atoms with Crippen LogP contribution in [0.15, 0.2) is 41.5 Å². The number of amides is 1. The van der Waals surface area contributed by atoms with Crippen LogP contribution in [0.5, 0.6) is 11.5 Å². The maximum absolute atomic E-state index is 12.0. The summed E-state index contributed by atoms with van der Waals surface area (Å²) >= 11 is 0. The zero-order valence-corrected chi connectivity index (χ0v) is 19.7. The van der Waals surface area contributed by atoms with Gasteiger partial charge >= 0.3 is 5.69 Å². The minimum absolute atomic E-state index is 0.0317. The van der Waals surface area contributed by atoms with Crippen LogP contribution in [0.4, 0.5) is 11.4 Å². The number of hydrogen-bond acceptors (Lipinski definition) is 8. The molecule has 0 saturated heterocycles. The summed E-state index contributed by atoms with van der Waals surface area (Å²) in [5.41, 5.74) is 1.68. The largest absolute Gasteiger partial charge is 0.502 e. The van der Waals surface area contributed by atoms with Gasteiger partial charge in [-0.05, 0) is 34.9 Å². The van der Waals surface area contributed by atoms with Crippen molar-refractivity contribution < 1.29 is 24.5 Å². The Morgan fingerprint density at radius 1 is 1.09 bits per heavy atom. The molecule has 0 unspecified atom stereocenters. The molecule has 1 amide bonds. The highest BCUT2D eigenvalue weighted by Gasteiger charge is 2.27. The van der Waals surface area contributed by atoms with Crippen molar-refractivity contribution in [2.75, 3.05) is 6.61 Å². The SMILES string of the molecule is CC(C)(C)CC(C)(C)c1ccc(OCC(=O)N/N=C/c2cc([N+](=O)[O-])cc([N+](=O)[O-])c2O)cc1. The van der Waals surface area contributed by atoms with E-state index in [4.69, 9.17) is 4.74 Å². The molecule has 11 heteroatoms. The first kappa shape index (κ1) is 26.2. The Morgan fingerprint density at radius 3 is 2.24 bits per heavy atom. The molecule has 0 spiro atoms. The normalized spacial score (nSPS) is 11.9. The van der Waals surface area contributed by atoms with E-state index >= 15 is 0 Å². The first-order chi connectivity index (χ1) is 15.7. The van der Waals surface area contributed by atoms with Gasteiger partial charge in [0.2, 0.25) is 5.75 Å². The summed E-state index contributed by atoms with van der Waals surface area (Å²) in [4.78, 5) is 32.1. The number of nitrogens with one attached hydrogen (secondary N) is 1. The number of non-ortho nitro benzene ring substituents is 1. The van der Waals surface area contributed by atoms with Crippen LogP contribution in [0.1, 0.15) is 52.2 Å². The van der Waals surface area contributed by atoms with E-state index in [0.29, 0.717) is 11.8 Å². The molecular formula is C23H28N4O7. The third-order valence-electron chi connectivity index (χ3n) is 4.88. The molecule has 0 aliphatic heterocycles. The van der Waals surface area contributed by atoms with Crippen LogP contribution in [-0.4, -0.2) is 33.7 Å². The van der Waals surface area contributed by atoms with Crippen molar-refractivity contribution in [2.45, 2.75) is 46.5 Å². The van der Waals surface area contributed by atoms with Crippen molar-refractivity contribution in [1.29, 1.82) is 0 Å². The molecular weight excluding hydrogens is 444 g/mol. The molecule has 0 aliphatic rings. The van der Waals surface area contributed by atoms with E-state index in [1.54, 1.807) is 12.1 Å². The molecule has 34 heavy (non-hydrogen) atoms. The van der Waals surface area contributed by atoms with Gasteiger partial charge in [0.15, 0.2) is 6.61 Å². The van der Waals surface area contributed by atoms with Crippen molar-refractivity contribution in [3.8, 4) is 11.5 Å². The minimum Gasteiger partial charge on any atom is -0.502 e. The Morgan fingerprint density at radius 2 is 1.71 bits per heavy atom. The van der Waals surface area contributed by atoms with Crippen LogP contribution < -0.4 is 10.2 Å². The molecule has 0 fully saturated rings. The molecule has 2 aromatic carbocycles. The van der Waals surface area contributed by atoms with E-state index < -0.39 is 32.9 Å². The van der Waals surface area contributed by atoms with Gasteiger partial charge in [-0.1, -0.05) is 46.8 Å². The minimum atomic E-state index is -0.957. The number of hydrazone groups is 1. The van der Waals surface area contributed by atoms with Crippen LogP contribution in [0.2, 0.25) is 0 Å². The molecule has 0 atom stereocenters. The average molecular weight is 472 g/mol. The average Bonchev–Trinajstić information content (AvgIpc) is 2.71. The molecule has 0 saturated carbocycles. The van der Waals surface area contributed by atoms with Gasteiger partial charge in [-0.15, -0.1) is 0 Å². The number of rotatable bonds is 9. The number of carbonyl (C=O) groups excluding carboxylic acids is 1. The molecule has 2 N–H and O–H groups in total. The van der Waals surface area contributed by atoms with Crippen LogP contribution in [-0.2, 0) is 10.2 Å². The number of hydrogen-bond donors (Lipinski definition) is 2. The molecule has 0 aliphatic carbocycles. The van der Waals surface area contributed by atoms with E-state index in [2.05, 4.69) is 45.1 Å². The van der Waals surface area contributed by atoms with Crippen molar-refractivity contribution in [3.05, 3.63) is 67.8 Å². The van der Waals surface area contributed by atoms with Gasteiger partial charge in [0.05, 0.1) is 27.7 Å². The molecule has 0 radical (unpaired) electrons. The topological polar surface area (TPSA) is 157 Å². The number of ether oxygens (including phenoxy) is 1. The zero-order chi connectivity index (χ0) is 25.7. The Labute approximate surface area is 196 Å². The smallest absolute Gasteiger partial charge is 0.318 e. The fourth-order valence-electron chi connectivity index (χ4n) is 3.75. The monoisotopic (exact) mass is 472 g/mol. The fraction of sp³-hybridized carbons (Fsp3) is 0.391. The predicted molar refractivity (Wildman–Crippen MR) is 126 cm³/mol. The third kappa shape index (κ3) is 7.26. The summed E-state index contributed by atoms with van der Waals surface area (Å²) in [6.07, 6.45) is 1.86. The summed E-state index contributed by atoms with van der Waals surface area (Å²) < 4.78 is 5.45. The number of nitro groups is 2. The summed E-state index contributed by atoms with van der Waals surface area (Å²) in [5, 5.41) is 35.4. The summed E-state index contributed by atoms with van der Waals surface area (Å²) in [6, 6.07) is 8.99. The number of phenols is 1. The summed E-state index contributed by atoms with van der Waals surface area (Å²) in [5.74, 6) is -0.950. The van der Waals surface area contributed by atoms with Gasteiger partial charge in [0.1, 0.15) is 5.75 Å². The van der Waals surface area contributed by atoms with Gasteiger partial charge in [-0.2, -0.15) is 5.10 Å². The lowest BCUT2D eigenvalue weighted by Gasteiger charge is -2.33. The molecule has 0 bridgehead atoms. The lowest BCUT2D eigenvalue weighted by molar-refractivity contribution is -0.394. The third-order valence-corrected chi connectivity index (χ3v) is 4.88. The molecule has 182 valence electrons. The van der Waals surface area contributed by atoms with Crippen LogP contribution in [0.3, 0.4) is 0 Å². The summed E-state index contributed by atoms with van der Waals surface area (Å²) in [6.45, 7) is 10.6. The van der Waals surface area contributed by atoms with Crippen LogP contribution in [0, 0.1) is 25.6 Å². The van der Waals surface area contributed by atoms with Gasteiger partial charge in [-0.3, -0.25) is 25.0 Å². The van der Waals surface area contributed by atoms with Gasteiger partial charge in [0.25, 0.3) is 11.6 Å². The van der Waals surface area contributed by atoms with E-state index in [0.717, 1.165) is 24.3 Å². The Kier molecular flexibility index (Phi) is 7.93. The molecule has 0 aromatic heterocycles. The Hall–Kier alpha value is -4.02. The number of nitrogens with zero attached hydrogens (tertiary/aromatic N) is 3. The first-order valence-corrected chi connectivity index (χ1v) is 10.4. The van der Waals surface area contributed by atoms with Crippen molar-refractivity contribution in [1.82, 2.24) is 5.43 Å². The fourth-order valence-corrected chi connectivity index (χ4v) is 3.75. The van der Waals surface area contributed by atoms with Crippen molar-refractivity contribution in [3.63, 3.8) is 0 Å². The van der Waals surface area contributed by atoms with E-state index in [1.807, 2.05) is 12.1 Å². The van der Waals surface area contributed by atoms with Gasteiger partial charge in [0, 0.05) is 6.07 Å². The van der Waals surface area contributed by atoms with E-state index in [-0.39, 0.29) is 23.0 Å². The maximum atomic E-state index is 12.0. The number of phenolic OH excluding ortho intramolecular Hbond substituents is 1. The Balaban J connectivity index is 1.99. The number of benzene rings is 2. The lowest BCUT2D eigenvalue weighted by atomic mass is 9.72. The van der Waals surface area contributed by atoms with Gasteiger partial charge in [-0.25, -0.2) is 5.43 Å². The van der Waals surface area contributed by atoms with Gasteiger partial charge < -0.3 is 9.84 Å². The maximum Gasteiger partial charge on any atom is 0.318 e. The summed E-state index contributed by atoms with van der Waals surface area (Å²) in [7, 11) is 0. The molecule has 11 nitrogen and oxygen atoms in total. The van der Waals surface area contributed by atoms with E-state index in [1.165, 1.54) is 0 Å². The highest BCUT2D eigenvalue weighted by atomic mass is 16.6. The van der Waals surface area contributed by atoms with Crippen LogP contribution in [0.25, 0.3) is 0 Å². The number of nitro benzene ring substituents is 2. The molecule has 2 rings (SSSR count). The van der Waals surface area contributed by atoms with Crippen LogP contribution >= 0.6 is 0 Å². The number of carbonyl (C=O) groups is 1. The van der Waals surface area contributed by atoms with Crippen molar-refractivity contribution >= 4 is 23.5 Å².